The highest BCUT2D eigenvalue weighted by atomic mass is 16.7. The molecular formula is C16H23NO2. The predicted molar refractivity (Wildman–Crippen MR) is 76.7 cm³/mol. The van der Waals surface area contributed by atoms with E-state index in [4.69, 9.17) is 15.2 Å². The van der Waals surface area contributed by atoms with Crippen LogP contribution < -0.4 is 5.73 Å². The molecule has 2 atom stereocenters. The number of hydrogen-bond acceptors (Lipinski definition) is 3. The van der Waals surface area contributed by atoms with Gasteiger partial charge in [-0.05, 0) is 17.9 Å². The molecule has 2 N–H and O–H groups in total. The van der Waals surface area contributed by atoms with Crippen molar-refractivity contribution in [3.8, 4) is 0 Å². The molecule has 0 bridgehead atoms. The standard InChI is InChI=1S/C16H23NO2/c1-3-13(2)12-16(18-9-10-19-16)15(17)11-14-7-5-4-6-8-14/h3-8,13,15H,1,9-12,17H2,2H3/t13-,15-/m0/s1. The first-order valence-corrected chi connectivity index (χ1v) is 6.86. The van der Waals surface area contributed by atoms with Crippen LogP contribution in [0.25, 0.3) is 0 Å². The minimum Gasteiger partial charge on any atom is -0.346 e. The van der Waals surface area contributed by atoms with Crippen LogP contribution in [-0.4, -0.2) is 25.0 Å². The molecular weight excluding hydrogens is 238 g/mol. The Morgan fingerprint density at radius 1 is 1.32 bits per heavy atom. The van der Waals surface area contributed by atoms with Gasteiger partial charge in [0.2, 0.25) is 0 Å². The molecule has 1 saturated heterocycles. The molecule has 3 heteroatoms. The number of benzene rings is 1. The van der Waals surface area contributed by atoms with E-state index in [9.17, 15) is 0 Å². The van der Waals surface area contributed by atoms with E-state index in [0.29, 0.717) is 19.1 Å². The largest absolute Gasteiger partial charge is 0.346 e. The van der Waals surface area contributed by atoms with Gasteiger partial charge in [-0.2, -0.15) is 0 Å². The Kier molecular flexibility index (Phi) is 4.75. The first-order valence-electron chi connectivity index (χ1n) is 6.86. The molecule has 1 fully saturated rings. The predicted octanol–water partition coefficient (Wildman–Crippen LogP) is 2.51. The molecule has 0 unspecified atom stereocenters. The summed E-state index contributed by atoms with van der Waals surface area (Å²) in [6.45, 7) is 7.17. The van der Waals surface area contributed by atoms with Gasteiger partial charge >= 0.3 is 0 Å². The summed E-state index contributed by atoms with van der Waals surface area (Å²) in [7, 11) is 0. The maximum absolute atomic E-state index is 6.36. The first kappa shape index (κ1) is 14.3. The minimum absolute atomic E-state index is 0.167. The summed E-state index contributed by atoms with van der Waals surface area (Å²) in [6, 6.07) is 10.1. The highest BCUT2D eigenvalue weighted by molar-refractivity contribution is 5.16. The molecule has 1 heterocycles. The number of nitrogens with two attached hydrogens (primary N) is 1. The number of rotatable bonds is 6. The molecule has 0 aliphatic carbocycles. The number of allylic oxidation sites excluding steroid dienone is 1. The summed E-state index contributed by atoms with van der Waals surface area (Å²) in [5, 5.41) is 0. The fraction of sp³-hybridized carbons (Fsp3) is 0.500. The molecule has 0 aromatic heterocycles. The van der Waals surface area contributed by atoms with E-state index < -0.39 is 5.79 Å². The van der Waals surface area contributed by atoms with Gasteiger partial charge in [-0.1, -0.05) is 43.3 Å². The summed E-state index contributed by atoms with van der Waals surface area (Å²) >= 11 is 0. The van der Waals surface area contributed by atoms with Gasteiger partial charge in [0.1, 0.15) is 0 Å². The summed E-state index contributed by atoms with van der Waals surface area (Å²) in [5.74, 6) is -0.344. The van der Waals surface area contributed by atoms with Crippen molar-refractivity contribution < 1.29 is 9.47 Å². The highest BCUT2D eigenvalue weighted by Crippen LogP contribution is 2.31. The Labute approximate surface area is 115 Å². The SMILES string of the molecule is C=C[C@H](C)CC1([C@@H](N)Cc2ccccc2)OCCO1. The van der Waals surface area contributed by atoms with Crippen molar-refractivity contribution in [2.24, 2.45) is 11.7 Å². The van der Waals surface area contributed by atoms with Crippen molar-refractivity contribution in [2.75, 3.05) is 13.2 Å². The van der Waals surface area contributed by atoms with E-state index in [-0.39, 0.29) is 6.04 Å². The summed E-state index contributed by atoms with van der Waals surface area (Å²) in [6.07, 6.45) is 3.43. The van der Waals surface area contributed by atoms with Gasteiger partial charge in [-0.3, -0.25) is 0 Å². The lowest BCUT2D eigenvalue weighted by molar-refractivity contribution is -0.181. The van der Waals surface area contributed by atoms with Gasteiger partial charge in [-0.25, -0.2) is 0 Å². The Bertz CT molecular complexity index is 398. The van der Waals surface area contributed by atoms with Gasteiger partial charge in [0.05, 0.1) is 19.3 Å². The summed E-state index contributed by atoms with van der Waals surface area (Å²) in [4.78, 5) is 0. The van der Waals surface area contributed by atoms with Crippen LogP contribution in [0.4, 0.5) is 0 Å². The van der Waals surface area contributed by atoms with Gasteiger partial charge in [0.15, 0.2) is 5.79 Å². The lowest BCUT2D eigenvalue weighted by atomic mass is 9.91. The molecule has 0 amide bonds. The summed E-state index contributed by atoms with van der Waals surface area (Å²) < 4.78 is 11.7. The third kappa shape index (κ3) is 3.44. The fourth-order valence-electron chi connectivity index (χ4n) is 2.51. The van der Waals surface area contributed by atoms with E-state index in [2.05, 4.69) is 25.6 Å². The molecule has 1 aromatic carbocycles. The van der Waals surface area contributed by atoms with Crippen molar-refractivity contribution in [3.05, 3.63) is 48.6 Å². The first-order chi connectivity index (χ1) is 9.16. The zero-order chi connectivity index (χ0) is 13.7. The molecule has 3 nitrogen and oxygen atoms in total. The summed E-state index contributed by atoms with van der Waals surface area (Å²) in [5.41, 5.74) is 7.57. The third-order valence-electron chi connectivity index (χ3n) is 3.65. The van der Waals surface area contributed by atoms with E-state index in [0.717, 1.165) is 12.8 Å². The van der Waals surface area contributed by atoms with Crippen LogP contribution in [0.1, 0.15) is 18.9 Å². The third-order valence-corrected chi connectivity index (χ3v) is 3.65. The van der Waals surface area contributed by atoms with Crippen LogP contribution in [0.2, 0.25) is 0 Å². The molecule has 1 aromatic rings. The number of hydrogen-bond donors (Lipinski definition) is 1. The van der Waals surface area contributed by atoms with E-state index >= 15 is 0 Å². The zero-order valence-electron chi connectivity index (χ0n) is 11.5. The quantitative estimate of drug-likeness (QED) is 0.800. The second-order valence-corrected chi connectivity index (χ2v) is 5.22. The molecule has 2 rings (SSSR count). The van der Waals surface area contributed by atoms with Crippen molar-refractivity contribution in [1.82, 2.24) is 0 Å². The second kappa shape index (κ2) is 6.33. The van der Waals surface area contributed by atoms with Crippen LogP contribution in [0.15, 0.2) is 43.0 Å². The highest BCUT2D eigenvalue weighted by Gasteiger charge is 2.43. The van der Waals surface area contributed by atoms with Gasteiger partial charge in [0.25, 0.3) is 0 Å². The molecule has 1 aliphatic rings. The van der Waals surface area contributed by atoms with Crippen molar-refractivity contribution >= 4 is 0 Å². The van der Waals surface area contributed by atoms with Gasteiger partial charge in [-0.15, -0.1) is 6.58 Å². The maximum atomic E-state index is 6.36. The average Bonchev–Trinajstić information content (AvgIpc) is 2.89. The molecule has 19 heavy (non-hydrogen) atoms. The van der Waals surface area contributed by atoms with E-state index in [1.807, 2.05) is 24.3 Å². The van der Waals surface area contributed by atoms with Gasteiger partial charge < -0.3 is 15.2 Å². The van der Waals surface area contributed by atoms with E-state index in [1.54, 1.807) is 0 Å². The van der Waals surface area contributed by atoms with Crippen LogP contribution in [0.5, 0.6) is 0 Å². The minimum atomic E-state index is -0.663. The average molecular weight is 261 g/mol. The van der Waals surface area contributed by atoms with Crippen LogP contribution >= 0.6 is 0 Å². The molecule has 0 radical (unpaired) electrons. The van der Waals surface area contributed by atoms with Crippen molar-refractivity contribution in [1.29, 1.82) is 0 Å². The lowest BCUT2D eigenvalue weighted by Crippen LogP contribution is -2.51. The molecule has 104 valence electrons. The Morgan fingerprint density at radius 2 is 1.95 bits per heavy atom. The van der Waals surface area contributed by atoms with Crippen molar-refractivity contribution in [2.45, 2.75) is 31.6 Å². The van der Waals surface area contributed by atoms with E-state index in [1.165, 1.54) is 5.56 Å². The Balaban J connectivity index is 2.08. The molecule has 1 aliphatic heterocycles. The van der Waals surface area contributed by atoms with Crippen LogP contribution in [0, 0.1) is 5.92 Å². The van der Waals surface area contributed by atoms with Crippen LogP contribution in [0.3, 0.4) is 0 Å². The monoisotopic (exact) mass is 261 g/mol. The Hall–Kier alpha value is -1.16. The Morgan fingerprint density at radius 3 is 2.53 bits per heavy atom. The molecule has 0 spiro atoms. The smallest absolute Gasteiger partial charge is 0.184 e. The number of ether oxygens (including phenoxy) is 2. The molecule has 0 saturated carbocycles. The fourth-order valence-corrected chi connectivity index (χ4v) is 2.51. The van der Waals surface area contributed by atoms with Gasteiger partial charge in [0, 0.05) is 6.42 Å². The topological polar surface area (TPSA) is 44.5 Å². The second-order valence-electron chi connectivity index (χ2n) is 5.22. The lowest BCUT2D eigenvalue weighted by Gasteiger charge is -2.35. The normalized spacial score (nSPS) is 20.9. The maximum Gasteiger partial charge on any atom is 0.184 e. The van der Waals surface area contributed by atoms with Crippen molar-refractivity contribution in [3.63, 3.8) is 0 Å². The zero-order valence-corrected chi connectivity index (χ0v) is 11.5. The van der Waals surface area contributed by atoms with Crippen LogP contribution in [-0.2, 0) is 15.9 Å².